The van der Waals surface area contributed by atoms with Crippen LogP contribution in [-0.4, -0.2) is 27.5 Å². The van der Waals surface area contributed by atoms with Gasteiger partial charge in [-0.3, -0.25) is 0 Å². The summed E-state index contributed by atoms with van der Waals surface area (Å²) < 4.78 is 0. The molecule has 4 N–H and O–H groups in total. The minimum atomic E-state index is -1.75. The molecule has 0 heterocycles. The van der Waals surface area contributed by atoms with E-state index in [9.17, 15) is 9.90 Å². The summed E-state index contributed by atoms with van der Waals surface area (Å²) >= 11 is 7.02. The molecule has 0 aromatic heterocycles. The Morgan fingerprint density at radius 1 is 1.62 bits per heavy atom. The number of hydrogen-bond donors (Lipinski definition) is 3. The third-order valence-corrected chi connectivity index (χ3v) is 3.57. The van der Waals surface area contributed by atoms with Gasteiger partial charge in [0.15, 0.2) is 5.60 Å². The summed E-state index contributed by atoms with van der Waals surface area (Å²) in [5, 5.41) is 18.6. The molecule has 1 unspecified atom stereocenters. The third-order valence-electron chi connectivity index (χ3n) is 1.95. The number of carbonyl (C=O) groups is 1. The summed E-state index contributed by atoms with van der Waals surface area (Å²) in [6, 6.07) is 5.00. The lowest BCUT2D eigenvalue weighted by Gasteiger charge is -2.17. The number of thioether (sulfide) groups is 1. The topological polar surface area (TPSA) is 83.5 Å². The Kier molecular flexibility index (Phi) is 4.07. The summed E-state index contributed by atoms with van der Waals surface area (Å²) in [4.78, 5) is 11.4. The summed E-state index contributed by atoms with van der Waals surface area (Å²) in [5.41, 5.74) is 4.25. The number of nitrogen functional groups attached to an aromatic ring is 1. The van der Waals surface area contributed by atoms with Crippen molar-refractivity contribution in [3.05, 3.63) is 23.2 Å². The first-order chi connectivity index (χ1) is 7.33. The van der Waals surface area contributed by atoms with Crippen LogP contribution in [0, 0.1) is 0 Å². The van der Waals surface area contributed by atoms with E-state index in [1.807, 2.05) is 0 Å². The maximum absolute atomic E-state index is 10.7. The van der Waals surface area contributed by atoms with E-state index in [2.05, 4.69) is 0 Å². The average molecular weight is 262 g/mol. The lowest BCUT2D eigenvalue weighted by Crippen LogP contribution is -2.37. The fourth-order valence-electron chi connectivity index (χ4n) is 0.883. The Hall–Kier alpha value is -0.910. The van der Waals surface area contributed by atoms with Gasteiger partial charge in [-0.2, -0.15) is 0 Å². The van der Waals surface area contributed by atoms with Gasteiger partial charge in [0, 0.05) is 10.6 Å². The van der Waals surface area contributed by atoms with Crippen LogP contribution in [0.25, 0.3) is 0 Å². The van der Waals surface area contributed by atoms with Crippen LogP contribution in [0.1, 0.15) is 6.92 Å². The highest BCUT2D eigenvalue weighted by molar-refractivity contribution is 7.99. The number of hydrogen-bond acceptors (Lipinski definition) is 4. The molecule has 1 aromatic rings. The Bertz CT molecular complexity index is 409. The van der Waals surface area contributed by atoms with Crippen LogP contribution >= 0.6 is 23.4 Å². The molecule has 0 bridgehead atoms. The third kappa shape index (κ3) is 3.30. The normalized spacial score (nSPS) is 14.4. The van der Waals surface area contributed by atoms with E-state index in [0.717, 1.165) is 4.90 Å². The second kappa shape index (κ2) is 4.95. The van der Waals surface area contributed by atoms with Crippen LogP contribution < -0.4 is 5.73 Å². The van der Waals surface area contributed by atoms with E-state index in [1.54, 1.807) is 18.2 Å². The van der Waals surface area contributed by atoms with Crippen molar-refractivity contribution < 1.29 is 15.0 Å². The fourth-order valence-corrected chi connectivity index (χ4v) is 2.07. The zero-order valence-corrected chi connectivity index (χ0v) is 10.2. The summed E-state index contributed by atoms with van der Waals surface area (Å²) in [6.45, 7) is 1.25. The van der Waals surface area contributed by atoms with E-state index < -0.39 is 11.6 Å². The van der Waals surface area contributed by atoms with Gasteiger partial charge in [0.2, 0.25) is 0 Å². The minimum Gasteiger partial charge on any atom is -0.479 e. The van der Waals surface area contributed by atoms with Crippen LogP contribution in [0.3, 0.4) is 0 Å². The van der Waals surface area contributed by atoms with E-state index in [0.29, 0.717) is 10.7 Å². The molecule has 0 aliphatic carbocycles. The molecule has 0 saturated carbocycles. The van der Waals surface area contributed by atoms with Crippen molar-refractivity contribution in [3.8, 4) is 0 Å². The lowest BCUT2D eigenvalue weighted by molar-refractivity contribution is -0.154. The Labute approximate surface area is 102 Å². The number of anilines is 1. The Morgan fingerprint density at radius 3 is 2.75 bits per heavy atom. The number of carboxylic acid groups (broad SMARTS) is 1. The number of benzene rings is 1. The number of nitrogens with two attached hydrogens (primary N) is 1. The molecule has 6 heteroatoms. The number of carboxylic acids is 1. The predicted molar refractivity (Wildman–Crippen MR) is 64.8 cm³/mol. The Morgan fingerprint density at radius 2 is 2.25 bits per heavy atom. The molecule has 1 atom stereocenters. The van der Waals surface area contributed by atoms with Crippen LogP contribution in [0.4, 0.5) is 5.69 Å². The zero-order chi connectivity index (χ0) is 12.3. The van der Waals surface area contributed by atoms with Crippen LogP contribution in [0.2, 0.25) is 5.02 Å². The molecule has 88 valence electrons. The molecule has 0 spiro atoms. The summed E-state index contributed by atoms with van der Waals surface area (Å²) in [7, 11) is 0. The van der Waals surface area contributed by atoms with Gasteiger partial charge in [-0.25, -0.2) is 4.79 Å². The molecular formula is C10H12ClNO3S. The molecule has 0 fully saturated rings. The van der Waals surface area contributed by atoms with E-state index in [-0.39, 0.29) is 5.75 Å². The maximum Gasteiger partial charge on any atom is 0.336 e. The number of rotatable bonds is 4. The quantitative estimate of drug-likeness (QED) is 0.569. The van der Waals surface area contributed by atoms with E-state index >= 15 is 0 Å². The van der Waals surface area contributed by atoms with Gasteiger partial charge >= 0.3 is 5.97 Å². The van der Waals surface area contributed by atoms with Crippen LogP contribution in [0.15, 0.2) is 23.1 Å². The highest BCUT2D eigenvalue weighted by atomic mass is 35.5. The van der Waals surface area contributed by atoms with Gasteiger partial charge in [-0.15, -0.1) is 11.8 Å². The molecule has 0 amide bonds. The standard InChI is InChI=1S/C10H12ClNO3S/c1-10(15,9(13)14)5-16-6-2-3-8(12)7(11)4-6/h2-4,15H,5,12H2,1H3,(H,13,14). The first-order valence-corrected chi connectivity index (χ1v) is 5.83. The van der Waals surface area contributed by atoms with Crippen LogP contribution in [-0.2, 0) is 4.79 Å². The van der Waals surface area contributed by atoms with Gasteiger partial charge < -0.3 is 15.9 Å². The second-order valence-corrected chi connectivity index (χ2v) is 5.01. The first kappa shape index (κ1) is 13.2. The van der Waals surface area contributed by atoms with Gasteiger partial charge in [0.1, 0.15) is 0 Å². The van der Waals surface area contributed by atoms with Gasteiger partial charge in [0.05, 0.1) is 10.7 Å². The molecule has 0 saturated heterocycles. The largest absolute Gasteiger partial charge is 0.479 e. The molecular weight excluding hydrogens is 250 g/mol. The number of halogens is 1. The molecule has 1 aromatic carbocycles. The molecule has 0 aliphatic heterocycles. The molecule has 0 radical (unpaired) electrons. The van der Waals surface area contributed by atoms with Gasteiger partial charge in [-0.1, -0.05) is 11.6 Å². The highest BCUT2D eigenvalue weighted by Gasteiger charge is 2.29. The SMILES string of the molecule is CC(O)(CSc1ccc(N)c(Cl)c1)C(=O)O. The smallest absolute Gasteiger partial charge is 0.336 e. The zero-order valence-electron chi connectivity index (χ0n) is 8.61. The number of aliphatic carboxylic acids is 1. The highest BCUT2D eigenvalue weighted by Crippen LogP contribution is 2.28. The number of aliphatic hydroxyl groups is 1. The minimum absolute atomic E-state index is 0.0442. The average Bonchev–Trinajstić information content (AvgIpc) is 2.20. The summed E-state index contributed by atoms with van der Waals surface area (Å²) in [5.74, 6) is -1.20. The van der Waals surface area contributed by atoms with Gasteiger partial charge in [-0.05, 0) is 25.1 Å². The second-order valence-electron chi connectivity index (χ2n) is 3.55. The van der Waals surface area contributed by atoms with Crippen molar-refractivity contribution in [1.82, 2.24) is 0 Å². The monoisotopic (exact) mass is 261 g/mol. The van der Waals surface area contributed by atoms with Crippen molar-refractivity contribution in [2.24, 2.45) is 0 Å². The fraction of sp³-hybridized carbons (Fsp3) is 0.300. The lowest BCUT2D eigenvalue weighted by atomic mass is 10.1. The van der Waals surface area contributed by atoms with Crippen molar-refractivity contribution in [2.75, 3.05) is 11.5 Å². The van der Waals surface area contributed by atoms with Crippen LogP contribution in [0.5, 0.6) is 0 Å². The van der Waals surface area contributed by atoms with Crippen molar-refractivity contribution in [2.45, 2.75) is 17.4 Å². The van der Waals surface area contributed by atoms with Crippen molar-refractivity contribution in [1.29, 1.82) is 0 Å². The first-order valence-electron chi connectivity index (χ1n) is 4.46. The maximum atomic E-state index is 10.7. The molecule has 0 aliphatic rings. The predicted octanol–water partition coefficient (Wildman–Crippen LogP) is 1.85. The van der Waals surface area contributed by atoms with Crippen molar-refractivity contribution >= 4 is 35.0 Å². The molecule has 4 nitrogen and oxygen atoms in total. The van der Waals surface area contributed by atoms with Crippen molar-refractivity contribution in [3.63, 3.8) is 0 Å². The van der Waals surface area contributed by atoms with Gasteiger partial charge in [0.25, 0.3) is 0 Å². The van der Waals surface area contributed by atoms with E-state index in [4.69, 9.17) is 22.4 Å². The Balaban J connectivity index is 2.68. The molecule has 16 heavy (non-hydrogen) atoms. The molecule has 1 rings (SSSR count). The van der Waals surface area contributed by atoms with E-state index in [1.165, 1.54) is 18.7 Å². The summed E-state index contributed by atoms with van der Waals surface area (Å²) in [6.07, 6.45) is 0.